The van der Waals surface area contributed by atoms with Crippen LogP contribution in [-0.2, 0) is 6.54 Å². The van der Waals surface area contributed by atoms with E-state index in [0.717, 1.165) is 43.2 Å². The monoisotopic (exact) mass is 363 g/mol. The number of likely N-dealkylation sites (tertiary alicyclic amines) is 1. The van der Waals surface area contributed by atoms with Gasteiger partial charge in [-0.05, 0) is 49.8 Å². The molecule has 0 bridgehead atoms. The van der Waals surface area contributed by atoms with Crippen molar-refractivity contribution < 1.29 is 4.74 Å². The van der Waals surface area contributed by atoms with E-state index >= 15 is 0 Å². The molecule has 142 valence electrons. The van der Waals surface area contributed by atoms with Gasteiger partial charge in [-0.2, -0.15) is 0 Å². The molecule has 1 atom stereocenters. The fraction of sp³-hybridized carbons (Fsp3) is 0.522. The van der Waals surface area contributed by atoms with Crippen molar-refractivity contribution >= 4 is 0 Å². The van der Waals surface area contributed by atoms with Crippen molar-refractivity contribution in [3.63, 3.8) is 0 Å². The van der Waals surface area contributed by atoms with Crippen molar-refractivity contribution in [3.05, 3.63) is 59.9 Å². The van der Waals surface area contributed by atoms with Gasteiger partial charge >= 0.3 is 0 Å². The quantitative estimate of drug-likeness (QED) is 0.873. The fourth-order valence-electron chi connectivity index (χ4n) is 4.65. The Bertz CT molecular complexity index is 766. The lowest BCUT2D eigenvalue weighted by Gasteiger charge is -2.47. The number of fused-ring (bicyclic) bond motifs is 1. The number of rotatable bonds is 5. The third kappa shape index (κ3) is 3.87. The van der Waals surface area contributed by atoms with Crippen LogP contribution in [-0.4, -0.2) is 35.1 Å². The maximum atomic E-state index is 6.63. The zero-order valence-electron chi connectivity index (χ0n) is 15.9. The first-order chi connectivity index (χ1) is 13.3. The van der Waals surface area contributed by atoms with Gasteiger partial charge < -0.3 is 15.0 Å². The molecular weight excluding hydrogens is 334 g/mol. The van der Waals surface area contributed by atoms with Gasteiger partial charge in [-0.3, -0.25) is 4.98 Å². The van der Waals surface area contributed by atoms with Gasteiger partial charge in [0.25, 0.3) is 0 Å². The molecule has 1 aliphatic carbocycles. The number of benzene rings is 1. The highest BCUT2D eigenvalue weighted by atomic mass is 16.5. The van der Waals surface area contributed by atoms with Crippen molar-refractivity contribution in [1.82, 2.24) is 15.2 Å². The highest BCUT2D eigenvalue weighted by molar-refractivity contribution is 5.39. The van der Waals surface area contributed by atoms with Gasteiger partial charge in [0.15, 0.2) is 0 Å². The van der Waals surface area contributed by atoms with Crippen LogP contribution in [0.2, 0.25) is 0 Å². The van der Waals surface area contributed by atoms with Crippen LogP contribution in [0.5, 0.6) is 5.75 Å². The molecule has 1 spiro atoms. The Morgan fingerprint density at radius 2 is 1.89 bits per heavy atom. The van der Waals surface area contributed by atoms with Crippen LogP contribution >= 0.6 is 0 Å². The van der Waals surface area contributed by atoms with Gasteiger partial charge in [-0.25, -0.2) is 0 Å². The summed E-state index contributed by atoms with van der Waals surface area (Å²) in [5, 5.41) is 3.76. The second-order valence-corrected chi connectivity index (χ2v) is 8.53. The van der Waals surface area contributed by atoms with E-state index in [9.17, 15) is 0 Å². The van der Waals surface area contributed by atoms with Crippen LogP contribution in [0, 0.1) is 5.92 Å². The second kappa shape index (κ2) is 7.25. The Labute approximate surface area is 161 Å². The average molecular weight is 364 g/mol. The SMILES string of the molecule is c1ccc(CN[C@@H]2CC3(CCN(CC4CC4)CC3)Oc3ccccc32)nc1. The maximum Gasteiger partial charge on any atom is 0.124 e. The Morgan fingerprint density at radius 1 is 1.07 bits per heavy atom. The molecule has 2 aromatic rings. The first-order valence-electron chi connectivity index (χ1n) is 10.4. The molecule has 1 aromatic carbocycles. The topological polar surface area (TPSA) is 37.4 Å². The molecule has 0 amide bonds. The van der Waals surface area contributed by atoms with Gasteiger partial charge in [0.05, 0.1) is 5.69 Å². The van der Waals surface area contributed by atoms with Crippen LogP contribution in [0.25, 0.3) is 0 Å². The Kier molecular flexibility index (Phi) is 4.62. The fourth-order valence-corrected chi connectivity index (χ4v) is 4.65. The Morgan fingerprint density at radius 3 is 2.67 bits per heavy atom. The Hall–Kier alpha value is -1.91. The lowest BCUT2D eigenvalue weighted by atomic mass is 9.80. The van der Waals surface area contributed by atoms with Crippen molar-refractivity contribution in [2.24, 2.45) is 5.92 Å². The average Bonchev–Trinajstić information content (AvgIpc) is 3.53. The third-order valence-corrected chi connectivity index (χ3v) is 6.43. The summed E-state index contributed by atoms with van der Waals surface area (Å²) in [6.45, 7) is 4.44. The summed E-state index contributed by atoms with van der Waals surface area (Å²) in [6, 6.07) is 15.0. The summed E-state index contributed by atoms with van der Waals surface area (Å²) in [5.74, 6) is 2.04. The van der Waals surface area contributed by atoms with Crippen molar-refractivity contribution in [2.75, 3.05) is 19.6 Å². The molecular formula is C23H29N3O. The van der Waals surface area contributed by atoms with E-state index in [2.05, 4.69) is 51.6 Å². The molecule has 4 nitrogen and oxygen atoms in total. The maximum absolute atomic E-state index is 6.63. The summed E-state index contributed by atoms with van der Waals surface area (Å²) < 4.78 is 6.63. The lowest BCUT2D eigenvalue weighted by Crippen LogP contribution is -2.52. The Balaban J connectivity index is 1.30. The first kappa shape index (κ1) is 17.2. The smallest absolute Gasteiger partial charge is 0.124 e. The highest BCUT2D eigenvalue weighted by Gasteiger charge is 2.43. The van der Waals surface area contributed by atoms with Crippen LogP contribution in [0.3, 0.4) is 0 Å². The zero-order chi connectivity index (χ0) is 18.1. The molecule has 0 radical (unpaired) electrons. The van der Waals surface area contributed by atoms with Crippen LogP contribution in [0.1, 0.15) is 49.4 Å². The van der Waals surface area contributed by atoms with Gasteiger partial charge in [0.1, 0.15) is 11.4 Å². The zero-order valence-corrected chi connectivity index (χ0v) is 15.9. The minimum atomic E-state index is -0.0177. The molecule has 2 fully saturated rings. The van der Waals surface area contributed by atoms with E-state index in [1.165, 1.54) is 38.0 Å². The van der Waals surface area contributed by atoms with E-state index < -0.39 is 0 Å². The molecule has 3 aliphatic rings. The standard InChI is InChI=1S/C23H29N3O/c1-2-7-22-20(6-1)21(25-16-19-5-3-4-12-24-19)15-23(27-22)10-13-26(14-11-23)17-18-8-9-18/h1-7,12,18,21,25H,8-11,13-17H2/t21-/m1/s1. The van der Waals surface area contributed by atoms with E-state index in [4.69, 9.17) is 4.74 Å². The molecule has 3 heterocycles. The number of ether oxygens (including phenoxy) is 1. The van der Waals surface area contributed by atoms with Crippen LogP contribution < -0.4 is 10.1 Å². The number of hydrogen-bond donors (Lipinski definition) is 1. The summed E-state index contributed by atoms with van der Waals surface area (Å²) in [6.07, 6.45) is 8.06. The number of nitrogens with zero attached hydrogens (tertiary/aromatic N) is 2. The van der Waals surface area contributed by atoms with E-state index in [-0.39, 0.29) is 5.60 Å². The minimum absolute atomic E-state index is 0.0177. The molecule has 5 rings (SSSR count). The number of pyridine rings is 1. The van der Waals surface area contributed by atoms with Crippen LogP contribution in [0.15, 0.2) is 48.7 Å². The predicted octanol–water partition coefficient (Wildman–Crippen LogP) is 3.94. The summed E-state index contributed by atoms with van der Waals surface area (Å²) in [7, 11) is 0. The molecule has 1 saturated heterocycles. The molecule has 1 N–H and O–H groups in total. The number of aromatic nitrogens is 1. The van der Waals surface area contributed by atoms with Gasteiger partial charge in [-0.15, -0.1) is 0 Å². The highest BCUT2D eigenvalue weighted by Crippen LogP contribution is 2.44. The lowest BCUT2D eigenvalue weighted by molar-refractivity contribution is -0.0263. The number of hydrogen-bond acceptors (Lipinski definition) is 4. The van der Waals surface area contributed by atoms with Crippen LogP contribution in [0.4, 0.5) is 0 Å². The summed E-state index contributed by atoms with van der Waals surface area (Å²) >= 11 is 0. The van der Waals surface area contributed by atoms with Gasteiger partial charge in [-0.1, -0.05) is 24.3 Å². The number of para-hydroxylation sites is 1. The normalized spacial score (nSPS) is 24.4. The van der Waals surface area contributed by atoms with E-state index in [1.807, 2.05) is 12.3 Å². The molecule has 0 unspecified atom stereocenters. The number of nitrogens with one attached hydrogen (secondary N) is 1. The van der Waals surface area contributed by atoms with Crippen molar-refractivity contribution in [3.8, 4) is 5.75 Å². The molecule has 1 aromatic heterocycles. The summed E-state index contributed by atoms with van der Waals surface area (Å²) in [4.78, 5) is 7.12. The largest absolute Gasteiger partial charge is 0.487 e. The van der Waals surface area contributed by atoms with Gasteiger partial charge in [0, 0.05) is 50.4 Å². The van der Waals surface area contributed by atoms with E-state index in [1.54, 1.807) is 0 Å². The second-order valence-electron chi connectivity index (χ2n) is 8.53. The summed E-state index contributed by atoms with van der Waals surface area (Å²) in [5.41, 5.74) is 2.37. The number of piperidine rings is 1. The van der Waals surface area contributed by atoms with Gasteiger partial charge in [0.2, 0.25) is 0 Å². The first-order valence-corrected chi connectivity index (χ1v) is 10.4. The molecule has 2 aliphatic heterocycles. The van der Waals surface area contributed by atoms with Crippen molar-refractivity contribution in [1.29, 1.82) is 0 Å². The molecule has 4 heteroatoms. The van der Waals surface area contributed by atoms with Crippen molar-refractivity contribution in [2.45, 2.75) is 50.3 Å². The molecule has 1 saturated carbocycles. The minimum Gasteiger partial charge on any atom is -0.487 e. The van der Waals surface area contributed by atoms with E-state index in [0.29, 0.717) is 6.04 Å². The third-order valence-electron chi connectivity index (χ3n) is 6.43. The predicted molar refractivity (Wildman–Crippen MR) is 107 cm³/mol. The molecule has 27 heavy (non-hydrogen) atoms.